The van der Waals surface area contributed by atoms with E-state index in [9.17, 15) is 9.59 Å². The summed E-state index contributed by atoms with van der Waals surface area (Å²) in [6.07, 6.45) is 1.11. The Hall–Kier alpha value is -3.48. The molecule has 1 aliphatic heterocycles. The van der Waals surface area contributed by atoms with Crippen LogP contribution in [0.5, 0.6) is 0 Å². The largest absolute Gasteiger partial charge is 0.326 e. The van der Waals surface area contributed by atoms with Crippen molar-refractivity contribution in [1.82, 2.24) is 15.0 Å². The Bertz CT molecular complexity index is 1050. The minimum Gasteiger partial charge on any atom is -0.326 e. The maximum absolute atomic E-state index is 12.7. The van der Waals surface area contributed by atoms with E-state index in [1.54, 1.807) is 16.8 Å². The third-order valence-corrected chi connectivity index (χ3v) is 4.61. The molecule has 2 amide bonds. The molecule has 1 aromatic heterocycles. The minimum atomic E-state index is -0.314. The quantitative estimate of drug-likeness (QED) is 0.750. The van der Waals surface area contributed by atoms with Gasteiger partial charge in [0.25, 0.3) is 5.91 Å². The zero-order valence-corrected chi connectivity index (χ0v) is 15.1. The van der Waals surface area contributed by atoms with Gasteiger partial charge in [-0.25, -0.2) is 4.68 Å². The second-order valence-electron chi connectivity index (χ2n) is 6.65. The summed E-state index contributed by atoms with van der Waals surface area (Å²) in [5.41, 5.74) is 5.39. The van der Waals surface area contributed by atoms with E-state index in [0.717, 1.165) is 22.5 Å². The number of rotatable bonds is 3. The summed E-state index contributed by atoms with van der Waals surface area (Å²) in [7, 11) is 0. The molecule has 0 unspecified atom stereocenters. The van der Waals surface area contributed by atoms with Crippen molar-refractivity contribution in [3.63, 3.8) is 0 Å². The molecule has 0 saturated carbocycles. The topological polar surface area (TPSA) is 88.9 Å². The van der Waals surface area contributed by atoms with E-state index < -0.39 is 0 Å². The fourth-order valence-corrected chi connectivity index (χ4v) is 3.20. The third kappa shape index (κ3) is 3.31. The van der Waals surface area contributed by atoms with Crippen LogP contribution in [0, 0.1) is 13.8 Å². The number of carbonyl (C=O) groups excluding carboxylic acids is 2. The van der Waals surface area contributed by atoms with Crippen molar-refractivity contribution in [2.45, 2.75) is 26.7 Å². The number of hydrogen-bond acceptors (Lipinski definition) is 4. The van der Waals surface area contributed by atoms with Gasteiger partial charge in [0.2, 0.25) is 5.91 Å². The molecule has 0 radical (unpaired) electrons. The number of carbonyl (C=O) groups is 2. The second kappa shape index (κ2) is 6.68. The van der Waals surface area contributed by atoms with Gasteiger partial charge in [-0.15, -0.1) is 5.10 Å². The van der Waals surface area contributed by atoms with E-state index >= 15 is 0 Å². The van der Waals surface area contributed by atoms with Gasteiger partial charge < -0.3 is 10.6 Å². The zero-order chi connectivity index (χ0) is 19.0. The first-order valence-corrected chi connectivity index (χ1v) is 8.75. The molecule has 0 aliphatic carbocycles. The van der Waals surface area contributed by atoms with Gasteiger partial charge >= 0.3 is 0 Å². The molecule has 3 aromatic rings. The van der Waals surface area contributed by atoms with Crippen LogP contribution in [0.3, 0.4) is 0 Å². The molecule has 2 heterocycles. The van der Waals surface area contributed by atoms with E-state index in [1.807, 2.05) is 44.2 Å². The van der Waals surface area contributed by atoms with Crippen LogP contribution in [0.1, 0.15) is 33.7 Å². The molecule has 0 saturated heterocycles. The standard InChI is InChI=1S/C20H19N5O2/c1-12-4-3-5-16(10-12)25-13(2)19(23-24-25)20(27)21-15-7-8-17-14(11-15)6-9-18(26)22-17/h3-5,7-8,10-11H,6,9H2,1-2H3,(H,21,27)(H,22,26). The lowest BCUT2D eigenvalue weighted by Gasteiger charge is -2.17. The van der Waals surface area contributed by atoms with Crippen molar-refractivity contribution in [2.75, 3.05) is 10.6 Å². The normalized spacial score (nSPS) is 13.0. The van der Waals surface area contributed by atoms with Crippen LogP contribution in [0.4, 0.5) is 11.4 Å². The summed E-state index contributed by atoms with van der Waals surface area (Å²) in [5.74, 6) is -0.297. The summed E-state index contributed by atoms with van der Waals surface area (Å²) < 4.78 is 1.66. The van der Waals surface area contributed by atoms with Crippen LogP contribution in [0.2, 0.25) is 0 Å². The Balaban J connectivity index is 1.57. The Kier molecular flexibility index (Phi) is 4.19. The number of nitrogens with one attached hydrogen (secondary N) is 2. The molecule has 27 heavy (non-hydrogen) atoms. The molecule has 0 bridgehead atoms. The first-order valence-electron chi connectivity index (χ1n) is 8.75. The highest BCUT2D eigenvalue weighted by atomic mass is 16.2. The number of aromatic nitrogens is 3. The summed E-state index contributed by atoms with van der Waals surface area (Å²) in [6.45, 7) is 3.82. The van der Waals surface area contributed by atoms with Crippen molar-refractivity contribution in [1.29, 1.82) is 0 Å². The Morgan fingerprint density at radius 2 is 2.00 bits per heavy atom. The van der Waals surface area contributed by atoms with Crippen molar-refractivity contribution in [3.8, 4) is 5.69 Å². The van der Waals surface area contributed by atoms with Crippen LogP contribution in [0.25, 0.3) is 5.69 Å². The maximum atomic E-state index is 12.7. The van der Waals surface area contributed by atoms with E-state index in [-0.39, 0.29) is 17.5 Å². The average Bonchev–Trinajstić information content (AvgIpc) is 3.03. The lowest BCUT2D eigenvalue weighted by molar-refractivity contribution is -0.116. The van der Waals surface area contributed by atoms with Crippen molar-refractivity contribution < 1.29 is 9.59 Å². The maximum Gasteiger partial charge on any atom is 0.278 e. The Labute approximate surface area is 156 Å². The van der Waals surface area contributed by atoms with E-state index in [2.05, 4.69) is 20.9 Å². The molecule has 4 rings (SSSR count). The predicted octanol–water partition coefficient (Wildman–Crippen LogP) is 3.02. The zero-order valence-electron chi connectivity index (χ0n) is 15.1. The summed E-state index contributed by atoms with van der Waals surface area (Å²) in [6, 6.07) is 13.3. The Morgan fingerprint density at radius 1 is 1.15 bits per heavy atom. The lowest BCUT2D eigenvalue weighted by Crippen LogP contribution is -2.19. The van der Waals surface area contributed by atoms with E-state index in [1.165, 1.54) is 0 Å². The van der Waals surface area contributed by atoms with Crippen LogP contribution >= 0.6 is 0 Å². The summed E-state index contributed by atoms with van der Waals surface area (Å²) in [5, 5.41) is 13.9. The number of benzene rings is 2. The number of aryl methyl sites for hydroxylation is 2. The third-order valence-electron chi connectivity index (χ3n) is 4.61. The van der Waals surface area contributed by atoms with Crippen molar-refractivity contribution in [2.24, 2.45) is 0 Å². The fraction of sp³-hybridized carbons (Fsp3) is 0.200. The Morgan fingerprint density at radius 3 is 2.81 bits per heavy atom. The monoisotopic (exact) mass is 361 g/mol. The molecule has 136 valence electrons. The van der Waals surface area contributed by atoms with Gasteiger partial charge in [-0.3, -0.25) is 9.59 Å². The van der Waals surface area contributed by atoms with Gasteiger partial charge in [0.05, 0.1) is 11.4 Å². The fourth-order valence-electron chi connectivity index (χ4n) is 3.20. The molecule has 0 spiro atoms. The van der Waals surface area contributed by atoms with Gasteiger partial charge in [0, 0.05) is 17.8 Å². The molecular formula is C20H19N5O2. The molecule has 7 heteroatoms. The minimum absolute atomic E-state index is 0.0164. The van der Waals surface area contributed by atoms with Crippen LogP contribution in [0.15, 0.2) is 42.5 Å². The van der Waals surface area contributed by atoms with Crippen LogP contribution in [-0.4, -0.2) is 26.8 Å². The molecular weight excluding hydrogens is 342 g/mol. The first-order chi connectivity index (χ1) is 13.0. The molecule has 2 aromatic carbocycles. The highest BCUT2D eigenvalue weighted by molar-refractivity contribution is 6.04. The number of fused-ring (bicyclic) bond motifs is 1. The SMILES string of the molecule is Cc1cccc(-n2nnc(C(=O)Nc3ccc4c(c3)CCC(=O)N4)c2C)c1. The summed E-state index contributed by atoms with van der Waals surface area (Å²) in [4.78, 5) is 24.1. The molecule has 0 fully saturated rings. The van der Waals surface area contributed by atoms with Gasteiger partial charge in [-0.1, -0.05) is 17.3 Å². The number of hydrogen-bond donors (Lipinski definition) is 2. The molecule has 2 N–H and O–H groups in total. The molecule has 7 nitrogen and oxygen atoms in total. The van der Waals surface area contributed by atoms with Crippen molar-refractivity contribution >= 4 is 23.2 Å². The average molecular weight is 361 g/mol. The van der Waals surface area contributed by atoms with Crippen LogP contribution < -0.4 is 10.6 Å². The smallest absolute Gasteiger partial charge is 0.278 e. The molecule has 1 aliphatic rings. The number of anilines is 2. The highest BCUT2D eigenvalue weighted by Gasteiger charge is 2.19. The highest BCUT2D eigenvalue weighted by Crippen LogP contribution is 2.26. The van der Waals surface area contributed by atoms with Gasteiger partial charge in [0.15, 0.2) is 5.69 Å². The van der Waals surface area contributed by atoms with E-state index in [0.29, 0.717) is 24.2 Å². The van der Waals surface area contributed by atoms with Gasteiger partial charge in [-0.2, -0.15) is 0 Å². The van der Waals surface area contributed by atoms with Gasteiger partial charge in [0.1, 0.15) is 0 Å². The van der Waals surface area contributed by atoms with Crippen molar-refractivity contribution in [3.05, 3.63) is 65.0 Å². The number of amides is 2. The first kappa shape index (κ1) is 17.0. The predicted molar refractivity (Wildman–Crippen MR) is 102 cm³/mol. The van der Waals surface area contributed by atoms with E-state index in [4.69, 9.17) is 0 Å². The lowest BCUT2D eigenvalue weighted by atomic mass is 10.0. The summed E-state index contributed by atoms with van der Waals surface area (Å²) >= 11 is 0. The van der Waals surface area contributed by atoms with Gasteiger partial charge in [-0.05, 0) is 61.7 Å². The molecule has 0 atom stereocenters. The van der Waals surface area contributed by atoms with Crippen LogP contribution in [-0.2, 0) is 11.2 Å². The second-order valence-corrected chi connectivity index (χ2v) is 6.65. The number of nitrogens with zero attached hydrogens (tertiary/aromatic N) is 3.